The van der Waals surface area contributed by atoms with Gasteiger partial charge in [-0.2, -0.15) is 0 Å². The summed E-state index contributed by atoms with van der Waals surface area (Å²) in [4.78, 5) is 26.3. The number of hydrogen-bond donors (Lipinski definition) is 0. The Balaban J connectivity index is 1.47. The number of sulfone groups is 1. The number of benzene rings is 2. The van der Waals surface area contributed by atoms with Crippen molar-refractivity contribution in [3.8, 4) is 0 Å². The number of piperidine rings is 1. The van der Waals surface area contributed by atoms with E-state index in [1.807, 2.05) is 30.3 Å². The number of amides is 1. The van der Waals surface area contributed by atoms with Crippen LogP contribution < -0.4 is 0 Å². The average molecular weight is 434 g/mol. The fourth-order valence-electron chi connectivity index (χ4n) is 3.55. The van der Waals surface area contributed by atoms with Crippen LogP contribution in [0.15, 0.2) is 54.6 Å². The molecule has 0 spiro atoms. The first-order chi connectivity index (χ1) is 13.8. The molecule has 0 saturated carbocycles. The number of carbonyl (C=O) groups excluding carboxylic acids is 2. The van der Waals surface area contributed by atoms with Crippen molar-refractivity contribution in [3.63, 3.8) is 0 Å². The van der Waals surface area contributed by atoms with E-state index in [0.29, 0.717) is 36.5 Å². The zero-order chi connectivity index (χ0) is 20.9. The number of Topliss-reactive ketones (excluding diaryl/α,β-unsaturated/α-hetero) is 1. The van der Waals surface area contributed by atoms with Crippen LogP contribution >= 0.6 is 11.6 Å². The lowest BCUT2D eigenvalue weighted by molar-refractivity contribution is -0.132. The number of nitrogens with zero attached hydrogens (tertiary/aromatic N) is 1. The number of ketones is 1. The van der Waals surface area contributed by atoms with Crippen LogP contribution in [0.5, 0.6) is 0 Å². The fraction of sp³-hybridized carbons (Fsp3) is 0.364. The van der Waals surface area contributed by atoms with Crippen LogP contribution in [0.2, 0.25) is 5.02 Å². The Labute approximate surface area is 176 Å². The SMILES string of the molecule is O=C(CCC(=O)N1CCC(S(=O)(=O)Cc2ccccc2)CC1)c1ccc(Cl)cc1. The van der Waals surface area contributed by atoms with Crippen molar-refractivity contribution in [1.82, 2.24) is 4.90 Å². The van der Waals surface area contributed by atoms with Gasteiger partial charge in [0.15, 0.2) is 15.6 Å². The topological polar surface area (TPSA) is 71.5 Å². The van der Waals surface area contributed by atoms with E-state index in [1.165, 1.54) is 0 Å². The molecule has 154 valence electrons. The largest absolute Gasteiger partial charge is 0.343 e. The molecule has 0 N–H and O–H groups in total. The molecule has 2 aromatic rings. The van der Waals surface area contributed by atoms with Gasteiger partial charge >= 0.3 is 0 Å². The van der Waals surface area contributed by atoms with Gasteiger partial charge in [0.2, 0.25) is 5.91 Å². The first-order valence-electron chi connectivity index (χ1n) is 9.67. The minimum absolute atomic E-state index is 0.0298. The Morgan fingerprint density at radius 2 is 1.55 bits per heavy atom. The smallest absolute Gasteiger partial charge is 0.223 e. The minimum Gasteiger partial charge on any atom is -0.343 e. The van der Waals surface area contributed by atoms with Crippen LogP contribution in [0.4, 0.5) is 0 Å². The van der Waals surface area contributed by atoms with Crippen molar-refractivity contribution >= 4 is 33.1 Å². The zero-order valence-corrected chi connectivity index (χ0v) is 17.7. The summed E-state index contributed by atoms with van der Waals surface area (Å²) < 4.78 is 25.3. The van der Waals surface area contributed by atoms with E-state index in [2.05, 4.69) is 0 Å². The summed E-state index contributed by atoms with van der Waals surface area (Å²) in [6, 6.07) is 15.7. The first kappa shape index (κ1) is 21.5. The molecule has 1 aliphatic rings. The molecule has 0 radical (unpaired) electrons. The molecule has 1 amide bonds. The predicted molar refractivity (Wildman–Crippen MR) is 114 cm³/mol. The number of likely N-dealkylation sites (tertiary alicyclic amines) is 1. The van der Waals surface area contributed by atoms with E-state index in [4.69, 9.17) is 11.6 Å². The lowest BCUT2D eigenvalue weighted by atomic mass is 10.1. The third-order valence-corrected chi connectivity index (χ3v) is 7.72. The quantitative estimate of drug-likeness (QED) is 0.620. The molecule has 1 aliphatic heterocycles. The fourth-order valence-corrected chi connectivity index (χ4v) is 5.50. The van der Waals surface area contributed by atoms with Crippen molar-refractivity contribution in [2.24, 2.45) is 0 Å². The van der Waals surface area contributed by atoms with Crippen molar-refractivity contribution in [2.45, 2.75) is 36.7 Å². The number of carbonyl (C=O) groups is 2. The normalized spacial score (nSPS) is 15.3. The van der Waals surface area contributed by atoms with Crippen LogP contribution in [0.1, 0.15) is 41.6 Å². The van der Waals surface area contributed by atoms with Gasteiger partial charge in [-0.1, -0.05) is 41.9 Å². The average Bonchev–Trinajstić information content (AvgIpc) is 2.73. The highest BCUT2D eigenvalue weighted by Crippen LogP contribution is 2.22. The molecular weight excluding hydrogens is 410 g/mol. The minimum atomic E-state index is -3.25. The Kier molecular flexibility index (Phi) is 7.09. The molecule has 0 unspecified atom stereocenters. The van der Waals surface area contributed by atoms with Gasteiger partial charge in [-0.3, -0.25) is 9.59 Å². The molecule has 1 saturated heterocycles. The van der Waals surface area contributed by atoms with Crippen molar-refractivity contribution in [2.75, 3.05) is 13.1 Å². The van der Waals surface area contributed by atoms with E-state index in [9.17, 15) is 18.0 Å². The number of hydrogen-bond acceptors (Lipinski definition) is 4. The molecule has 5 nitrogen and oxygen atoms in total. The highest BCUT2D eigenvalue weighted by molar-refractivity contribution is 7.91. The lowest BCUT2D eigenvalue weighted by Gasteiger charge is -2.31. The molecule has 0 atom stereocenters. The van der Waals surface area contributed by atoms with Crippen LogP contribution in [-0.2, 0) is 20.4 Å². The summed E-state index contributed by atoms with van der Waals surface area (Å²) in [6.07, 6.45) is 1.13. The Morgan fingerprint density at radius 1 is 0.931 bits per heavy atom. The molecule has 3 rings (SSSR count). The second-order valence-electron chi connectivity index (χ2n) is 7.30. The predicted octanol–water partition coefficient (Wildman–Crippen LogP) is 3.91. The van der Waals surface area contributed by atoms with E-state index in [1.54, 1.807) is 29.2 Å². The van der Waals surface area contributed by atoms with Gasteiger partial charge in [0, 0.05) is 36.5 Å². The molecular formula is C22H24ClNO4S. The van der Waals surface area contributed by atoms with E-state index < -0.39 is 15.1 Å². The van der Waals surface area contributed by atoms with Gasteiger partial charge in [-0.25, -0.2) is 8.42 Å². The summed E-state index contributed by atoms with van der Waals surface area (Å²) >= 11 is 5.82. The molecule has 0 bridgehead atoms. The van der Waals surface area contributed by atoms with E-state index in [0.717, 1.165) is 5.56 Å². The third-order valence-electron chi connectivity index (χ3n) is 5.25. The maximum atomic E-state index is 12.7. The Morgan fingerprint density at radius 3 is 2.17 bits per heavy atom. The molecule has 29 heavy (non-hydrogen) atoms. The van der Waals surface area contributed by atoms with Crippen molar-refractivity contribution < 1.29 is 18.0 Å². The van der Waals surface area contributed by atoms with Gasteiger partial charge in [0.25, 0.3) is 0 Å². The summed E-state index contributed by atoms with van der Waals surface area (Å²) in [6.45, 7) is 0.819. The number of halogens is 1. The Bertz CT molecular complexity index is 950. The second-order valence-corrected chi connectivity index (χ2v) is 10.0. The van der Waals surface area contributed by atoms with Crippen molar-refractivity contribution in [3.05, 3.63) is 70.7 Å². The molecule has 1 fully saturated rings. The van der Waals surface area contributed by atoms with Gasteiger partial charge < -0.3 is 4.90 Å². The summed E-state index contributed by atoms with van der Waals surface area (Å²) in [5.41, 5.74) is 1.32. The molecule has 0 aromatic heterocycles. The molecule has 1 heterocycles. The van der Waals surface area contributed by atoms with Gasteiger partial charge in [-0.05, 0) is 42.7 Å². The standard InChI is InChI=1S/C22H24ClNO4S/c23-19-8-6-18(7-9-19)21(25)10-11-22(26)24-14-12-20(13-15-24)29(27,28)16-17-4-2-1-3-5-17/h1-9,20H,10-16H2. The monoisotopic (exact) mass is 433 g/mol. The lowest BCUT2D eigenvalue weighted by Crippen LogP contribution is -2.42. The van der Waals surface area contributed by atoms with Crippen LogP contribution in [-0.4, -0.2) is 43.3 Å². The Hall–Kier alpha value is -2.18. The van der Waals surface area contributed by atoms with Crippen LogP contribution in [0.3, 0.4) is 0 Å². The molecule has 0 aliphatic carbocycles. The van der Waals surface area contributed by atoms with Gasteiger partial charge in [0.1, 0.15) is 0 Å². The highest BCUT2D eigenvalue weighted by atomic mass is 35.5. The third kappa shape index (κ3) is 5.90. The summed E-state index contributed by atoms with van der Waals surface area (Å²) in [5.74, 6) is -0.177. The summed E-state index contributed by atoms with van der Waals surface area (Å²) in [7, 11) is -3.25. The van der Waals surface area contributed by atoms with Gasteiger partial charge in [-0.15, -0.1) is 0 Å². The zero-order valence-electron chi connectivity index (χ0n) is 16.1. The maximum absolute atomic E-state index is 12.7. The highest BCUT2D eigenvalue weighted by Gasteiger charge is 2.31. The van der Waals surface area contributed by atoms with E-state index >= 15 is 0 Å². The second kappa shape index (κ2) is 9.55. The van der Waals surface area contributed by atoms with Crippen LogP contribution in [0, 0.1) is 0 Å². The molecule has 7 heteroatoms. The van der Waals surface area contributed by atoms with E-state index in [-0.39, 0.29) is 30.3 Å². The van der Waals surface area contributed by atoms with Gasteiger partial charge in [0.05, 0.1) is 11.0 Å². The first-order valence-corrected chi connectivity index (χ1v) is 11.8. The summed E-state index contributed by atoms with van der Waals surface area (Å²) in [5, 5.41) is 0.130. The molecule has 2 aromatic carbocycles. The van der Waals surface area contributed by atoms with Crippen molar-refractivity contribution in [1.29, 1.82) is 0 Å². The van der Waals surface area contributed by atoms with Crippen LogP contribution in [0.25, 0.3) is 0 Å². The number of rotatable bonds is 7. The maximum Gasteiger partial charge on any atom is 0.223 e.